The summed E-state index contributed by atoms with van der Waals surface area (Å²) in [6.07, 6.45) is 8.65. The number of nitriles is 1. The van der Waals surface area contributed by atoms with E-state index < -0.39 is 0 Å². The fourth-order valence-electron chi connectivity index (χ4n) is 3.97. The highest BCUT2D eigenvalue weighted by Gasteiger charge is 2.42. The summed E-state index contributed by atoms with van der Waals surface area (Å²) in [5.74, 6) is 0.547. The molecule has 1 N–H and O–H groups in total. The third-order valence-electron chi connectivity index (χ3n) is 5.20. The summed E-state index contributed by atoms with van der Waals surface area (Å²) in [6.45, 7) is 4.75. The fraction of sp³-hybridized carbons (Fsp3) is 0.933. The molecule has 1 saturated heterocycles. The minimum Gasteiger partial charge on any atom is -0.302 e. The summed E-state index contributed by atoms with van der Waals surface area (Å²) in [6, 6.07) is 3.35. The van der Waals surface area contributed by atoms with E-state index in [0.29, 0.717) is 5.92 Å². The standard InChI is InChI=1S/C15H27N3/c1-3-14-7-5-10-18(14)11-8-13-6-4-9-15(13,12-16)17-2/h13-14,17H,3-11H2,1-2H3. The molecule has 2 aliphatic rings. The van der Waals surface area contributed by atoms with Crippen molar-refractivity contribution in [2.24, 2.45) is 5.92 Å². The Morgan fingerprint density at radius 1 is 1.39 bits per heavy atom. The number of nitrogens with one attached hydrogen (secondary N) is 1. The van der Waals surface area contributed by atoms with Crippen LogP contribution < -0.4 is 5.32 Å². The number of likely N-dealkylation sites (tertiary alicyclic amines) is 1. The van der Waals surface area contributed by atoms with E-state index in [1.165, 1.54) is 51.6 Å². The predicted octanol–water partition coefficient (Wildman–Crippen LogP) is 2.53. The quantitative estimate of drug-likeness (QED) is 0.814. The molecule has 2 fully saturated rings. The van der Waals surface area contributed by atoms with Crippen LogP contribution in [0.25, 0.3) is 0 Å². The highest BCUT2D eigenvalue weighted by molar-refractivity contribution is 5.13. The molecule has 0 bridgehead atoms. The first-order valence-electron chi connectivity index (χ1n) is 7.60. The van der Waals surface area contributed by atoms with Crippen LogP contribution in [0.3, 0.4) is 0 Å². The Balaban J connectivity index is 1.88. The molecule has 0 spiro atoms. The SMILES string of the molecule is CCC1CCCN1CCC1CCCC1(C#N)NC. The van der Waals surface area contributed by atoms with Gasteiger partial charge in [-0.05, 0) is 64.6 Å². The van der Waals surface area contributed by atoms with Crippen molar-refractivity contribution in [2.75, 3.05) is 20.1 Å². The van der Waals surface area contributed by atoms with E-state index in [1.54, 1.807) is 0 Å². The van der Waals surface area contributed by atoms with Gasteiger partial charge in [0, 0.05) is 6.04 Å². The van der Waals surface area contributed by atoms with Crippen LogP contribution >= 0.6 is 0 Å². The molecule has 2 rings (SSSR count). The summed E-state index contributed by atoms with van der Waals surface area (Å²) in [4.78, 5) is 2.65. The largest absolute Gasteiger partial charge is 0.302 e. The zero-order valence-electron chi connectivity index (χ0n) is 11.9. The van der Waals surface area contributed by atoms with Crippen LogP contribution in [-0.4, -0.2) is 36.6 Å². The van der Waals surface area contributed by atoms with E-state index in [2.05, 4.69) is 23.2 Å². The first kappa shape index (κ1) is 13.8. The van der Waals surface area contributed by atoms with Crippen molar-refractivity contribution in [3.05, 3.63) is 0 Å². The van der Waals surface area contributed by atoms with E-state index in [-0.39, 0.29) is 5.54 Å². The lowest BCUT2D eigenvalue weighted by Gasteiger charge is -2.31. The van der Waals surface area contributed by atoms with Gasteiger partial charge >= 0.3 is 0 Å². The van der Waals surface area contributed by atoms with E-state index >= 15 is 0 Å². The molecular formula is C15H27N3. The second-order valence-electron chi connectivity index (χ2n) is 5.95. The maximum absolute atomic E-state index is 9.45. The number of rotatable bonds is 5. The molecular weight excluding hydrogens is 222 g/mol. The van der Waals surface area contributed by atoms with Crippen molar-refractivity contribution in [2.45, 2.75) is 63.5 Å². The van der Waals surface area contributed by atoms with Gasteiger partial charge in [-0.25, -0.2) is 0 Å². The zero-order chi connectivity index (χ0) is 13.0. The molecule has 0 aromatic carbocycles. The van der Waals surface area contributed by atoms with Crippen LogP contribution in [0, 0.1) is 17.2 Å². The van der Waals surface area contributed by atoms with Crippen molar-refractivity contribution in [1.29, 1.82) is 5.26 Å². The van der Waals surface area contributed by atoms with Crippen molar-refractivity contribution < 1.29 is 0 Å². The molecule has 1 aliphatic heterocycles. The lowest BCUT2D eigenvalue weighted by Crippen LogP contribution is -2.46. The van der Waals surface area contributed by atoms with Gasteiger partial charge in [0.1, 0.15) is 5.54 Å². The van der Waals surface area contributed by atoms with Gasteiger partial charge in [0.15, 0.2) is 0 Å². The van der Waals surface area contributed by atoms with Crippen molar-refractivity contribution >= 4 is 0 Å². The second-order valence-corrected chi connectivity index (χ2v) is 5.95. The highest BCUT2D eigenvalue weighted by atomic mass is 15.2. The molecule has 0 aromatic heterocycles. The molecule has 102 valence electrons. The second kappa shape index (κ2) is 6.04. The number of hydrogen-bond donors (Lipinski definition) is 1. The average molecular weight is 249 g/mol. The summed E-state index contributed by atoms with van der Waals surface area (Å²) in [7, 11) is 1.95. The lowest BCUT2D eigenvalue weighted by atomic mass is 9.86. The van der Waals surface area contributed by atoms with Gasteiger partial charge in [-0.3, -0.25) is 0 Å². The Labute approximate surface area is 112 Å². The predicted molar refractivity (Wildman–Crippen MR) is 74.2 cm³/mol. The molecule has 3 heteroatoms. The van der Waals surface area contributed by atoms with Crippen LogP contribution in [0.15, 0.2) is 0 Å². The van der Waals surface area contributed by atoms with Gasteiger partial charge in [-0.1, -0.05) is 13.3 Å². The van der Waals surface area contributed by atoms with E-state index in [9.17, 15) is 5.26 Å². The smallest absolute Gasteiger partial charge is 0.109 e. The average Bonchev–Trinajstić information content (AvgIpc) is 3.02. The van der Waals surface area contributed by atoms with Crippen LogP contribution in [0.4, 0.5) is 0 Å². The molecule has 1 heterocycles. The van der Waals surface area contributed by atoms with Crippen molar-refractivity contribution in [3.63, 3.8) is 0 Å². The van der Waals surface area contributed by atoms with E-state index in [4.69, 9.17) is 0 Å². The minimum atomic E-state index is -0.235. The highest BCUT2D eigenvalue weighted by Crippen LogP contribution is 2.37. The first-order chi connectivity index (χ1) is 8.75. The molecule has 0 amide bonds. The Bertz CT molecular complexity index is 309. The third-order valence-corrected chi connectivity index (χ3v) is 5.20. The van der Waals surface area contributed by atoms with Gasteiger partial charge < -0.3 is 10.2 Å². The van der Waals surface area contributed by atoms with Gasteiger partial charge in [0.2, 0.25) is 0 Å². The van der Waals surface area contributed by atoms with Crippen molar-refractivity contribution in [3.8, 4) is 6.07 Å². The van der Waals surface area contributed by atoms with E-state index in [1.807, 2.05) is 7.05 Å². The number of hydrogen-bond acceptors (Lipinski definition) is 3. The fourth-order valence-corrected chi connectivity index (χ4v) is 3.97. The molecule has 18 heavy (non-hydrogen) atoms. The molecule has 1 aliphatic carbocycles. The summed E-state index contributed by atoms with van der Waals surface area (Å²) < 4.78 is 0. The summed E-state index contributed by atoms with van der Waals surface area (Å²) in [5.41, 5.74) is -0.235. The molecule has 3 atom stereocenters. The lowest BCUT2D eigenvalue weighted by molar-refractivity contribution is 0.210. The third kappa shape index (κ3) is 2.55. The van der Waals surface area contributed by atoms with Gasteiger partial charge in [-0.2, -0.15) is 5.26 Å². The maximum atomic E-state index is 9.45. The Hall–Kier alpha value is -0.590. The molecule has 3 unspecified atom stereocenters. The molecule has 1 saturated carbocycles. The van der Waals surface area contributed by atoms with E-state index in [0.717, 1.165) is 12.5 Å². The van der Waals surface area contributed by atoms with Crippen LogP contribution in [0.5, 0.6) is 0 Å². The normalized spacial score (nSPS) is 36.9. The number of nitrogens with zero attached hydrogens (tertiary/aromatic N) is 2. The van der Waals surface area contributed by atoms with Gasteiger partial charge in [-0.15, -0.1) is 0 Å². The topological polar surface area (TPSA) is 39.1 Å². The summed E-state index contributed by atoms with van der Waals surface area (Å²) in [5, 5.41) is 12.7. The van der Waals surface area contributed by atoms with Gasteiger partial charge in [0.25, 0.3) is 0 Å². The Kier molecular flexibility index (Phi) is 4.64. The zero-order valence-corrected chi connectivity index (χ0v) is 11.9. The van der Waals surface area contributed by atoms with Gasteiger partial charge in [0.05, 0.1) is 6.07 Å². The summed E-state index contributed by atoms with van der Waals surface area (Å²) >= 11 is 0. The molecule has 3 nitrogen and oxygen atoms in total. The Morgan fingerprint density at radius 2 is 2.22 bits per heavy atom. The minimum absolute atomic E-state index is 0.235. The van der Waals surface area contributed by atoms with Crippen LogP contribution in [0.1, 0.15) is 51.9 Å². The maximum Gasteiger partial charge on any atom is 0.109 e. The molecule has 0 aromatic rings. The van der Waals surface area contributed by atoms with Crippen molar-refractivity contribution in [1.82, 2.24) is 10.2 Å². The monoisotopic (exact) mass is 249 g/mol. The van der Waals surface area contributed by atoms with Crippen LogP contribution in [0.2, 0.25) is 0 Å². The van der Waals surface area contributed by atoms with Crippen LogP contribution in [-0.2, 0) is 0 Å². The molecule has 0 radical (unpaired) electrons. The Morgan fingerprint density at radius 3 is 2.89 bits per heavy atom. The first-order valence-corrected chi connectivity index (χ1v) is 7.60.